The zero-order valence-electron chi connectivity index (χ0n) is 9.87. The molecule has 0 aromatic rings. The summed E-state index contributed by atoms with van der Waals surface area (Å²) >= 11 is 0. The highest BCUT2D eigenvalue weighted by Gasteiger charge is 2.45. The Hall–Kier alpha value is -0.730. The van der Waals surface area contributed by atoms with Gasteiger partial charge in [-0.05, 0) is 31.6 Å². The van der Waals surface area contributed by atoms with E-state index in [0.29, 0.717) is 18.0 Å². The number of rotatable bonds is 4. The summed E-state index contributed by atoms with van der Waals surface area (Å²) in [6.45, 7) is 4.29. The monoisotopic (exact) mass is 209 g/mol. The van der Waals surface area contributed by atoms with Crippen molar-refractivity contribution in [1.29, 1.82) is 0 Å². The molecule has 3 heteroatoms. The summed E-state index contributed by atoms with van der Waals surface area (Å²) < 4.78 is 0. The van der Waals surface area contributed by atoms with Crippen molar-refractivity contribution in [2.45, 2.75) is 58.0 Å². The van der Waals surface area contributed by atoms with E-state index >= 15 is 0 Å². The summed E-state index contributed by atoms with van der Waals surface area (Å²) in [5.41, 5.74) is 5.85. The van der Waals surface area contributed by atoms with E-state index in [1.165, 1.54) is 25.7 Å². The van der Waals surface area contributed by atoms with Crippen LogP contribution in [0.25, 0.3) is 0 Å². The van der Waals surface area contributed by atoms with Crippen LogP contribution < -0.4 is 11.1 Å². The minimum Gasteiger partial charge on any atom is -0.370 e. The van der Waals surface area contributed by atoms with Gasteiger partial charge in [0, 0.05) is 6.04 Å². The topological polar surface area (TPSA) is 50.4 Å². The average Bonchev–Trinajstić information content (AvgIpc) is 2.80. The van der Waals surface area contributed by atoms with E-state index in [0.717, 1.165) is 18.3 Å². The molecule has 2 rings (SSSR count). The fourth-order valence-corrected chi connectivity index (χ4v) is 2.29. The van der Waals surface area contributed by atoms with Crippen LogP contribution in [0.1, 0.15) is 46.0 Å². The summed E-state index contributed by atoms with van der Waals surface area (Å²) in [5, 5.41) is 3.22. The highest BCUT2D eigenvalue weighted by Crippen LogP contribution is 2.48. The summed E-state index contributed by atoms with van der Waals surface area (Å²) in [5.74, 6) is 2.47. The Morgan fingerprint density at radius 2 is 2.27 bits per heavy atom. The maximum absolute atomic E-state index is 5.85. The molecule has 0 aliphatic heterocycles. The van der Waals surface area contributed by atoms with Gasteiger partial charge in [0.15, 0.2) is 5.96 Å². The highest BCUT2D eigenvalue weighted by molar-refractivity contribution is 5.78. The number of nitrogens with two attached hydrogens (primary N) is 1. The minimum absolute atomic E-state index is 0.439. The van der Waals surface area contributed by atoms with Crippen molar-refractivity contribution in [3.8, 4) is 0 Å². The zero-order valence-corrected chi connectivity index (χ0v) is 9.87. The van der Waals surface area contributed by atoms with Gasteiger partial charge in [-0.1, -0.05) is 26.2 Å². The van der Waals surface area contributed by atoms with Crippen molar-refractivity contribution in [3.63, 3.8) is 0 Å². The average molecular weight is 209 g/mol. The third-order valence-electron chi connectivity index (χ3n) is 3.87. The summed E-state index contributed by atoms with van der Waals surface area (Å²) in [6.07, 6.45) is 6.64. The maximum Gasteiger partial charge on any atom is 0.189 e. The number of nitrogens with zero attached hydrogens (tertiary/aromatic N) is 1. The second kappa shape index (κ2) is 4.42. The molecular formula is C12H23N3. The molecule has 0 spiro atoms. The van der Waals surface area contributed by atoms with Crippen LogP contribution in [0.2, 0.25) is 0 Å². The lowest BCUT2D eigenvalue weighted by molar-refractivity contribution is 0.273. The molecule has 0 saturated heterocycles. The Labute approximate surface area is 92.5 Å². The lowest BCUT2D eigenvalue weighted by Gasteiger charge is -2.25. The van der Waals surface area contributed by atoms with Crippen molar-refractivity contribution in [1.82, 2.24) is 5.32 Å². The molecule has 0 aromatic heterocycles. The predicted molar refractivity (Wildman–Crippen MR) is 63.7 cm³/mol. The Balaban J connectivity index is 1.73. The fraction of sp³-hybridized carbons (Fsp3) is 0.917. The molecule has 15 heavy (non-hydrogen) atoms. The summed E-state index contributed by atoms with van der Waals surface area (Å²) in [7, 11) is 0. The molecule has 0 radical (unpaired) electrons. The second-order valence-electron chi connectivity index (χ2n) is 5.13. The molecule has 3 N–H and O–H groups in total. The van der Waals surface area contributed by atoms with Gasteiger partial charge in [0.2, 0.25) is 0 Å². The standard InChI is InChI=1S/C12H23N3/c1-3-8(2)14-12(13)15-11-7-10(11)9-5-4-6-9/h8-11H,3-7H2,1-2H3,(H3,13,14,15)/t8?,10-,11+/m0/s1. The van der Waals surface area contributed by atoms with Gasteiger partial charge in [-0.3, -0.25) is 0 Å². The van der Waals surface area contributed by atoms with E-state index in [2.05, 4.69) is 24.2 Å². The first-order valence-electron chi connectivity index (χ1n) is 6.30. The largest absolute Gasteiger partial charge is 0.370 e. The zero-order chi connectivity index (χ0) is 10.8. The molecule has 0 aromatic carbocycles. The third kappa shape index (κ3) is 2.64. The Bertz CT molecular complexity index is 245. The smallest absolute Gasteiger partial charge is 0.189 e. The Morgan fingerprint density at radius 1 is 1.53 bits per heavy atom. The van der Waals surface area contributed by atoms with Crippen LogP contribution in [-0.4, -0.2) is 18.0 Å². The predicted octanol–water partition coefficient (Wildman–Crippen LogP) is 1.88. The molecule has 0 bridgehead atoms. The lowest BCUT2D eigenvalue weighted by atomic mass is 9.81. The SMILES string of the molecule is CCC(C)NC(N)=N[C@@H]1C[C@H]1C1CCC1. The normalized spacial score (nSPS) is 33.3. The van der Waals surface area contributed by atoms with E-state index in [-0.39, 0.29) is 0 Å². The van der Waals surface area contributed by atoms with Gasteiger partial charge in [-0.2, -0.15) is 0 Å². The molecule has 0 heterocycles. The lowest BCUT2D eigenvalue weighted by Crippen LogP contribution is -2.38. The van der Waals surface area contributed by atoms with Crippen molar-refractivity contribution in [3.05, 3.63) is 0 Å². The molecule has 3 atom stereocenters. The first-order valence-corrected chi connectivity index (χ1v) is 6.30. The fourth-order valence-electron chi connectivity index (χ4n) is 2.29. The van der Waals surface area contributed by atoms with E-state index in [4.69, 9.17) is 5.73 Å². The van der Waals surface area contributed by atoms with Gasteiger partial charge in [-0.25, -0.2) is 4.99 Å². The van der Waals surface area contributed by atoms with Crippen LogP contribution in [0.15, 0.2) is 4.99 Å². The maximum atomic E-state index is 5.85. The van der Waals surface area contributed by atoms with Gasteiger partial charge in [0.1, 0.15) is 0 Å². The number of guanidine groups is 1. The van der Waals surface area contributed by atoms with Crippen LogP contribution in [0.4, 0.5) is 0 Å². The highest BCUT2D eigenvalue weighted by atomic mass is 15.1. The third-order valence-corrected chi connectivity index (χ3v) is 3.87. The van der Waals surface area contributed by atoms with Crippen molar-refractivity contribution in [2.75, 3.05) is 0 Å². The number of nitrogens with one attached hydrogen (secondary N) is 1. The number of aliphatic imine (C=N–C) groups is 1. The quantitative estimate of drug-likeness (QED) is 0.548. The minimum atomic E-state index is 0.439. The molecule has 86 valence electrons. The van der Waals surface area contributed by atoms with E-state index in [1.807, 2.05) is 0 Å². The molecule has 2 aliphatic carbocycles. The van der Waals surface area contributed by atoms with Crippen molar-refractivity contribution >= 4 is 5.96 Å². The van der Waals surface area contributed by atoms with Crippen LogP contribution >= 0.6 is 0 Å². The molecular weight excluding hydrogens is 186 g/mol. The van der Waals surface area contributed by atoms with E-state index in [9.17, 15) is 0 Å². The number of hydrogen-bond acceptors (Lipinski definition) is 1. The van der Waals surface area contributed by atoms with Crippen molar-refractivity contribution < 1.29 is 0 Å². The van der Waals surface area contributed by atoms with Crippen LogP contribution in [0.3, 0.4) is 0 Å². The molecule has 3 nitrogen and oxygen atoms in total. The van der Waals surface area contributed by atoms with Crippen molar-refractivity contribution in [2.24, 2.45) is 22.6 Å². The first-order chi connectivity index (χ1) is 7.20. The molecule has 0 amide bonds. The summed E-state index contributed by atoms with van der Waals surface area (Å²) in [6, 6.07) is 0.974. The van der Waals surface area contributed by atoms with Gasteiger partial charge >= 0.3 is 0 Å². The van der Waals surface area contributed by atoms with Gasteiger partial charge < -0.3 is 11.1 Å². The van der Waals surface area contributed by atoms with Crippen LogP contribution in [0.5, 0.6) is 0 Å². The van der Waals surface area contributed by atoms with Gasteiger partial charge in [0.25, 0.3) is 0 Å². The van der Waals surface area contributed by atoms with Crippen LogP contribution in [0, 0.1) is 11.8 Å². The van der Waals surface area contributed by atoms with Gasteiger partial charge in [-0.15, -0.1) is 0 Å². The molecule has 2 aliphatic rings. The molecule has 2 saturated carbocycles. The molecule has 2 fully saturated rings. The Kier molecular flexibility index (Phi) is 3.17. The van der Waals surface area contributed by atoms with Crippen LogP contribution in [-0.2, 0) is 0 Å². The Morgan fingerprint density at radius 3 is 2.80 bits per heavy atom. The number of hydrogen-bond donors (Lipinski definition) is 2. The van der Waals surface area contributed by atoms with E-state index in [1.54, 1.807) is 0 Å². The first kappa shape index (κ1) is 10.8. The molecule has 1 unspecified atom stereocenters. The van der Waals surface area contributed by atoms with E-state index < -0.39 is 0 Å². The summed E-state index contributed by atoms with van der Waals surface area (Å²) in [4.78, 5) is 4.54. The van der Waals surface area contributed by atoms with Gasteiger partial charge in [0.05, 0.1) is 6.04 Å². The second-order valence-corrected chi connectivity index (χ2v) is 5.13.